The molecule has 0 amide bonds. The summed E-state index contributed by atoms with van der Waals surface area (Å²) in [4.78, 5) is 3.78. The zero-order valence-electron chi connectivity index (χ0n) is 4.13. The van der Waals surface area contributed by atoms with E-state index in [2.05, 4.69) is 4.98 Å². The highest BCUT2D eigenvalue weighted by Gasteiger charge is 1.69. The van der Waals surface area contributed by atoms with Crippen LogP contribution in [-0.2, 0) is 7.05 Å². The standard InChI is InChI=1S/C4H6N2.H2S/c1-6-3-2-5-4-6;/h2-4H,1H3;1H2. The highest BCUT2D eigenvalue weighted by molar-refractivity contribution is 7.59. The van der Waals surface area contributed by atoms with E-state index >= 15 is 0 Å². The van der Waals surface area contributed by atoms with Gasteiger partial charge in [0.1, 0.15) is 0 Å². The number of imidazole rings is 1. The summed E-state index contributed by atoms with van der Waals surface area (Å²) in [6.45, 7) is 0. The predicted molar refractivity (Wildman–Crippen MR) is 33.6 cm³/mol. The van der Waals surface area contributed by atoms with Crippen LogP contribution in [0.1, 0.15) is 0 Å². The minimum atomic E-state index is 0. The maximum absolute atomic E-state index is 3.78. The second-order valence-corrected chi connectivity index (χ2v) is 1.23. The van der Waals surface area contributed by atoms with Gasteiger partial charge in [0.25, 0.3) is 0 Å². The van der Waals surface area contributed by atoms with E-state index in [-0.39, 0.29) is 13.5 Å². The third-order valence-electron chi connectivity index (χ3n) is 0.637. The lowest BCUT2D eigenvalue weighted by Crippen LogP contribution is -1.76. The Morgan fingerprint density at radius 2 is 2.29 bits per heavy atom. The van der Waals surface area contributed by atoms with Gasteiger partial charge < -0.3 is 4.57 Å². The second-order valence-electron chi connectivity index (χ2n) is 1.23. The quantitative estimate of drug-likeness (QED) is 0.483. The van der Waals surface area contributed by atoms with E-state index < -0.39 is 0 Å². The molecule has 0 aliphatic rings. The smallest absolute Gasteiger partial charge is 0.0943 e. The first-order chi connectivity index (χ1) is 2.89. The zero-order chi connectivity index (χ0) is 4.41. The van der Waals surface area contributed by atoms with Gasteiger partial charge in [0, 0.05) is 19.4 Å². The fraction of sp³-hybridized carbons (Fsp3) is 0.250. The maximum Gasteiger partial charge on any atom is 0.0943 e. The third kappa shape index (κ3) is 1.64. The zero-order valence-corrected chi connectivity index (χ0v) is 5.13. The number of nitrogens with zero attached hydrogens (tertiary/aromatic N) is 2. The van der Waals surface area contributed by atoms with Crippen molar-refractivity contribution in [3.05, 3.63) is 18.7 Å². The van der Waals surface area contributed by atoms with Crippen LogP contribution in [0.2, 0.25) is 0 Å². The van der Waals surface area contributed by atoms with E-state index in [4.69, 9.17) is 0 Å². The second kappa shape index (κ2) is 2.69. The Morgan fingerprint density at radius 3 is 2.43 bits per heavy atom. The SMILES string of the molecule is Cn1ccnc1.S. The van der Waals surface area contributed by atoms with E-state index in [1.165, 1.54) is 0 Å². The van der Waals surface area contributed by atoms with Gasteiger partial charge in [-0.2, -0.15) is 13.5 Å². The average Bonchev–Trinajstić information content (AvgIpc) is 1.86. The highest BCUT2D eigenvalue weighted by Crippen LogP contribution is 1.73. The van der Waals surface area contributed by atoms with Gasteiger partial charge in [-0.3, -0.25) is 0 Å². The van der Waals surface area contributed by atoms with Crippen molar-refractivity contribution in [2.45, 2.75) is 0 Å². The van der Waals surface area contributed by atoms with E-state index in [0.29, 0.717) is 0 Å². The molecule has 0 saturated heterocycles. The molecular formula is C4H8N2S. The molecule has 0 aromatic carbocycles. The fourth-order valence-corrected chi connectivity index (χ4v) is 0.326. The van der Waals surface area contributed by atoms with Crippen LogP contribution in [0.3, 0.4) is 0 Å². The Balaban J connectivity index is 0.000000360. The largest absolute Gasteiger partial charge is 0.341 e. The van der Waals surface area contributed by atoms with Gasteiger partial charge in [0.2, 0.25) is 0 Å². The van der Waals surface area contributed by atoms with Crippen molar-refractivity contribution in [2.24, 2.45) is 7.05 Å². The van der Waals surface area contributed by atoms with Crippen molar-refractivity contribution in [3.63, 3.8) is 0 Å². The first kappa shape index (κ1) is 6.56. The molecule has 1 aromatic rings. The molecule has 0 radical (unpaired) electrons. The minimum absolute atomic E-state index is 0. The van der Waals surface area contributed by atoms with Crippen LogP contribution < -0.4 is 0 Å². The monoisotopic (exact) mass is 116 g/mol. The summed E-state index contributed by atoms with van der Waals surface area (Å²) in [6.07, 6.45) is 5.39. The lowest BCUT2D eigenvalue weighted by Gasteiger charge is -1.76. The van der Waals surface area contributed by atoms with Gasteiger partial charge in [-0.15, -0.1) is 0 Å². The Bertz CT molecular complexity index is 113. The lowest BCUT2D eigenvalue weighted by molar-refractivity contribution is 0.913. The molecule has 2 nitrogen and oxygen atoms in total. The van der Waals surface area contributed by atoms with Crippen molar-refractivity contribution in [1.29, 1.82) is 0 Å². The van der Waals surface area contributed by atoms with Crippen molar-refractivity contribution in [2.75, 3.05) is 0 Å². The molecule has 0 aliphatic carbocycles. The van der Waals surface area contributed by atoms with Gasteiger partial charge in [-0.05, 0) is 0 Å². The van der Waals surface area contributed by atoms with Gasteiger partial charge in [-0.25, -0.2) is 4.98 Å². The van der Waals surface area contributed by atoms with Crippen molar-refractivity contribution in [3.8, 4) is 0 Å². The predicted octanol–water partition coefficient (Wildman–Crippen LogP) is 0.533. The van der Waals surface area contributed by atoms with Gasteiger partial charge in [0.05, 0.1) is 6.33 Å². The van der Waals surface area contributed by atoms with Crippen LogP contribution in [0.25, 0.3) is 0 Å². The molecule has 0 unspecified atom stereocenters. The molecule has 40 valence electrons. The van der Waals surface area contributed by atoms with E-state index in [9.17, 15) is 0 Å². The third-order valence-corrected chi connectivity index (χ3v) is 0.637. The summed E-state index contributed by atoms with van der Waals surface area (Å²) in [5, 5.41) is 0. The topological polar surface area (TPSA) is 17.8 Å². The highest BCUT2D eigenvalue weighted by atomic mass is 32.1. The van der Waals surface area contributed by atoms with E-state index in [0.717, 1.165) is 0 Å². The summed E-state index contributed by atoms with van der Waals surface area (Å²) in [6, 6.07) is 0. The molecule has 7 heavy (non-hydrogen) atoms. The molecule has 0 bridgehead atoms. The van der Waals surface area contributed by atoms with Crippen LogP contribution >= 0.6 is 13.5 Å². The van der Waals surface area contributed by atoms with E-state index in [1.807, 2.05) is 17.8 Å². The van der Waals surface area contributed by atoms with E-state index in [1.54, 1.807) is 12.5 Å². The van der Waals surface area contributed by atoms with Gasteiger partial charge >= 0.3 is 0 Å². The Labute approximate surface area is 49.6 Å². The molecule has 0 spiro atoms. The van der Waals surface area contributed by atoms with Crippen LogP contribution in [-0.4, -0.2) is 9.55 Å². The molecule has 0 aliphatic heterocycles. The molecule has 1 aromatic heterocycles. The first-order valence-corrected chi connectivity index (χ1v) is 1.81. The number of rotatable bonds is 0. The summed E-state index contributed by atoms with van der Waals surface area (Å²) in [5.74, 6) is 0. The normalized spacial score (nSPS) is 7.57. The Morgan fingerprint density at radius 1 is 1.57 bits per heavy atom. The summed E-state index contributed by atoms with van der Waals surface area (Å²) in [5.41, 5.74) is 0. The molecule has 3 heteroatoms. The van der Waals surface area contributed by atoms with Crippen LogP contribution in [0, 0.1) is 0 Å². The first-order valence-electron chi connectivity index (χ1n) is 1.81. The van der Waals surface area contributed by atoms with Crippen LogP contribution in [0.5, 0.6) is 0 Å². The molecule has 1 heterocycles. The number of hydrogen-bond donors (Lipinski definition) is 0. The molecule has 0 N–H and O–H groups in total. The Hall–Kier alpha value is -0.440. The molecule has 1 rings (SSSR count). The minimum Gasteiger partial charge on any atom is -0.341 e. The average molecular weight is 116 g/mol. The van der Waals surface area contributed by atoms with Crippen molar-refractivity contribution < 1.29 is 0 Å². The summed E-state index contributed by atoms with van der Waals surface area (Å²) in [7, 11) is 1.94. The van der Waals surface area contributed by atoms with Crippen LogP contribution in [0.4, 0.5) is 0 Å². The number of hydrogen-bond acceptors (Lipinski definition) is 1. The molecule has 0 fully saturated rings. The number of aryl methyl sites for hydroxylation is 1. The number of aromatic nitrogens is 2. The maximum atomic E-state index is 3.78. The van der Waals surface area contributed by atoms with Crippen LogP contribution in [0.15, 0.2) is 18.7 Å². The Kier molecular flexibility index (Phi) is 2.52. The molecular weight excluding hydrogens is 108 g/mol. The van der Waals surface area contributed by atoms with Crippen molar-refractivity contribution >= 4 is 13.5 Å². The lowest BCUT2D eigenvalue weighted by atomic mass is 10.9. The molecule has 0 atom stereocenters. The van der Waals surface area contributed by atoms with Gasteiger partial charge in [-0.1, -0.05) is 0 Å². The summed E-state index contributed by atoms with van der Waals surface area (Å²) < 4.78 is 1.89. The van der Waals surface area contributed by atoms with Crippen molar-refractivity contribution in [1.82, 2.24) is 9.55 Å². The molecule has 0 saturated carbocycles. The fourth-order valence-electron chi connectivity index (χ4n) is 0.326. The summed E-state index contributed by atoms with van der Waals surface area (Å²) >= 11 is 0. The van der Waals surface area contributed by atoms with Gasteiger partial charge in [0.15, 0.2) is 0 Å².